The van der Waals surface area contributed by atoms with E-state index in [0.717, 1.165) is 31.9 Å². The Kier molecular flexibility index (Phi) is 6.67. The molecule has 1 atom stereocenters. The van der Waals surface area contributed by atoms with Crippen LogP contribution in [0.3, 0.4) is 0 Å². The summed E-state index contributed by atoms with van der Waals surface area (Å²) in [4.78, 5) is 16.0. The molecule has 2 aliphatic rings. The van der Waals surface area contributed by atoms with Crippen molar-refractivity contribution in [2.75, 3.05) is 51.3 Å². The van der Waals surface area contributed by atoms with Crippen molar-refractivity contribution in [3.63, 3.8) is 0 Å². The van der Waals surface area contributed by atoms with Gasteiger partial charge in [0, 0.05) is 50.4 Å². The largest absolute Gasteiger partial charge is 0.481 e. The van der Waals surface area contributed by atoms with Crippen molar-refractivity contribution in [1.29, 1.82) is 0 Å². The fraction of sp³-hybridized carbons (Fsp3) is 0.789. The van der Waals surface area contributed by atoms with Gasteiger partial charge in [0.2, 0.25) is 5.88 Å². The number of ether oxygens (including phenoxy) is 1. The second-order valence-corrected chi connectivity index (χ2v) is 7.63. The third-order valence-electron chi connectivity index (χ3n) is 5.85. The predicted octanol–water partition coefficient (Wildman–Crippen LogP) is 1.23. The minimum absolute atomic E-state index is 0.229. The first-order valence-corrected chi connectivity index (χ1v) is 9.84. The Bertz CT molecular complexity index is 563. The van der Waals surface area contributed by atoms with Gasteiger partial charge in [-0.2, -0.15) is 0 Å². The molecule has 2 aliphatic heterocycles. The van der Waals surface area contributed by atoms with Crippen LogP contribution in [0.2, 0.25) is 0 Å². The molecular weight excluding hydrogens is 330 g/mol. The first kappa shape index (κ1) is 19.3. The first-order valence-electron chi connectivity index (χ1n) is 9.84. The van der Waals surface area contributed by atoms with Crippen molar-refractivity contribution in [2.24, 2.45) is 0 Å². The minimum atomic E-state index is 0.229. The van der Waals surface area contributed by atoms with Gasteiger partial charge in [0.1, 0.15) is 12.1 Å². The second kappa shape index (κ2) is 8.97. The molecule has 0 radical (unpaired) electrons. The van der Waals surface area contributed by atoms with E-state index >= 15 is 0 Å². The Labute approximate surface area is 157 Å². The highest BCUT2D eigenvalue weighted by Gasteiger charge is 2.34. The van der Waals surface area contributed by atoms with Gasteiger partial charge in [0.15, 0.2) is 0 Å². The van der Waals surface area contributed by atoms with Crippen LogP contribution >= 0.6 is 0 Å². The molecule has 0 amide bonds. The van der Waals surface area contributed by atoms with Crippen LogP contribution in [0.5, 0.6) is 5.88 Å². The molecule has 1 N–H and O–H groups in total. The van der Waals surface area contributed by atoms with Crippen molar-refractivity contribution in [2.45, 2.75) is 51.2 Å². The Hall–Kier alpha value is -1.44. The molecule has 3 heterocycles. The summed E-state index contributed by atoms with van der Waals surface area (Å²) in [5.41, 5.74) is 0. The number of anilines is 1. The molecule has 3 rings (SSSR count). The summed E-state index contributed by atoms with van der Waals surface area (Å²) in [6.45, 7) is 10.0. The zero-order valence-electron chi connectivity index (χ0n) is 16.3. The summed E-state index contributed by atoms with van der Waals surface area (Å²) >= 11 is 0. The molecule has 0 saturated carbocycles. The van der Waals surface area contributed by atoms with E-state index in [4.69, 9.17) is 4.74 Å². The minimum Gasteiger partial charge on any atom is -0.481 e. The van der Waals surface area contributed by atoms with Gasteiger partial charge in [-0.3, -0.25) is 4.90 Å². The zero-order valence-corrected chi connectivity index (χ0v) is 16.3. The van der Waals surface area contributed by atoms with Crippen LogP contribution in [-0.2, 0) is 0 Å². The number of hydrogen-bond acceptors (Lipinski definition) is 7. The van der Waals surface area contributed by atoms with Gasteiger partial charge in [0.05, 0.1) is 7.11 Å². The van der Waals surface area contributed by atoms with Gasteiger partial charge in [0.25, 0.3) is 0 Å². The van der Waals surface area contributed by atoms with E-state index in [1.54, 1.807) is 13.4 Å². The molecule has 1 aromatic heterocycles. The number of piperazine rings is 1. The van der Waals surface area contributed by atoms with E-state index in [9.17, 15) is 5.11 Å². The van der Waals surface area contributed by atoms with Crippen molar-refractivity contribution < 1.29 is 9.84 Å². The van der Waals surface area contributed by atoms with Crippen LogP contribution in [0.15, 0.2) is 12.4 Å². The van der Waals surface area contributed by atoms with Crippen LogP contribution in [-0.4, -0.2) is 89.4 Å². The summed E-state index contributed by atoms with van der Waals surface area (Å²) in [6, 6.07) is 3.52. The standard InChI is InChI=1S/C19H33N5O2/c1-15(2)22-7-4-16(5-8-22)24-10-9-23(13-17(24)6-11-25)18-12-19(26-3)21-14-20-18/h12,14-17,25H,4-11,13H2,1-3H3/t17-/m0/s1. The van der Waals surface area contributed by atoms with Crippen LogP contribution in [0.25, 0.3) is 0 Å². The predicted molar refractivity (Wildman–Crippen MR) is 103 cm³/mol. The molecular formula is C19H33N5O2. The van der Waals surface area contributed by atoms with Crippen molar-refractivity contribution >= 4 is 5.82 Å². The van der Waals surface area contributed by atoms with Gasteiger partial charge >= 0.3 is 0 Å². The average Bonchev–Trinajstić information content (AvgIpc) is 2.68. The molecule has 0 aromatic carbocycles. The van der Waals surface area contributed by atoms with Gasteiger partial charge in [-0.1, -0.05) is 0 Å². The fourth-order valence-corrected chi connectivity index (χ4v) is 4.31. The van der Waals surface area contributed by atoms with Gasteiger partial charge in [-0.05, 0) is 46.2 Å². The number of aliphatic hydroxyl groups is 1. The average molecular weight is 364 g/mol. The van der Waals surface area contributed by atoms with Crippen LogP contribution in [0.4, 0.5) is 5.82 Å². The molecule has 7 nitrogen and oxygen atoms in total. The molecule has 0 bridgehead atoms. The lowest BCUT2D eigenvalue weighted by atomic mass is 9.97. The highest BCUT2D eigenvalue weighted by atomic mass is 16.5. The number of hydrogen-bond donors (Lipinski definition) is 1. The lowest BCUT2D eigenvalue weighted by Crippen LogP contribution is -2.59. The monoisotopic (exact) mass is 363 g/mol. The van der Waals surface area contributed by atoms with Crippen molar-refractivity contribution in [3.8, 4) is 5.88 Å². The van der Waals surface area contributed by atoms with Gasteiger partial charge in [-0.15, -0.1) is 0 Å². The zero-order chi connectivity index (χ0) is 18.5. The molecule has 1 aromatic rings. The van der Waals surface area contributed by atoms with E-state index in [1.165, 1.54) is 25.9 Å². The number of aliphatic hydroxyl groups excluding tert-OH is 1. The summed E-state index contributed by atoms with van der Waals surface area (Å²) in [7, 11) is 1.63. The molecule has 0 unspecified atom stereocenters. The fourth-order valence-electron chi connectivity index (χ4n) is 4.31. The van der Waals surface area contributed by atoms with Crippen LogP contribution in [0, 0.1) is 0 Å². The molecule has 26 heavy (non-hydrogen) atoms. The Morgan fingerprint density at radius 2 is 1.96 bits per heavy atom. The number of rotatable bonds is 6. The third-order valence-corrected chi connectivity index (χ3v) is 5.85. The topological polar surface area (TPSA) is 65.0 Å². The maximum atomic E-state index is 9.59. The number of piperidine rings is 1. The maximum absolute atomic E-state index is 9.59. The highest BCUT2D eigenvalue weighted by molar-refractivity contribution is 5.41. The van der Waals surface area contributed by atoms with Crippen LogP contribution < -0.4 is 9.64 Å². The lowest BCUT2D eigenvalue weighted by Gasteiger charge is -2.48. The second-order valence-electron chi connectivity index (χ2n) is 7.63. The van der Waals surface area contributed by atoms with E-state index in [2.05, 4.69) is 38.5 Å². The normalized spacial score (nSPS) is 23.6. The van der Waals surface area contributed by atoms with Gasteiger partial charge in [-0.25, -0.2) is 9.97 Å². The molecule has 2 saturated heterocycles. The number of nitrogens with zero attached hydrogens (tertiary/aromatic N) is 5. The lowest BCUT2D eigenvalue weighted by molar-refractivity contribution is 0.0462. The molecule has 0 spiro atoms. The van der Waals surface area contributed by atoms with E-state index in [1.807, 2.05) is 6.07 Å². The smallest absolute Gasteiger partial charge is 0.218 e. The van der Waals surface area contributed by atoms with Crippen LogP contribution in [0.1, 0.15) is 33.1 Å². The summed E-state index contributed by atoms with van der Waals surface area (Å²) in [6.07, 6.45) is 4.81. The molecule has 2 fully saturated rings. The number of methoxy groups -OCH3 is 1. The molecule has 146 valence electrons. The summed E-state index contributed by atoms with van der Waals surface area (Å²) in [5.74, 6) is 1.51. The maximum Gasteiger partial charge on any atom is 0.218 e. The van der Waals surface area contributed by atoms with Gasteiger partial charge < -0.3 is 19.6 Å². The Balaban J connectivity index is 1.64. The SMILES string of the molecule is COc1cc(N2CCN(C3CCN(C(C)C)CC3)[C@@H](CCO)C2)ncn1. The van der Waals surface area contributed by atoms with Crippen molar-refractivity contribution in [1.82, 2.24) is 19.8 Å². The number of aromatic nitrogens is 2. The van der Waals surface area contributed by atoms with E-state index in [-0.39, 0.29) is 6.61 Å². The summed E-state index contributed by atoms with van der Waals surface area (Å²) < 4.78 is 5.23. The quantitative estimate of drug-likeness (QED) is 0.815. The van der Waals surface area contributed by atoms with Crippen molar-refractivity contribution in [3.05, 3.63) is 12.4 Å². The molecule has 7 heteroatoms. The Morgan fingerprint density at radius 3 is 2.62 bits per heavy atom. The first-order chi connectivity index (χ1) is 12.6. The summed E-state index contributed by atoms with van der Waals surface area (Å²) in [5, 5.41) is 9.59. The third kappa shape index (κ3) is 4.45. The van der Waals surface area contributed by atoms with E-state index in [0.29, 0.717) is 24.0 Å². The van der Waals surface area contributed by atoms with E-state index < -0.39 is 0 Å². The Morgan fingerprint density at radius 1 is 1.19 bits per heavy atom. The number of likely N-dealkylation sites (tertiary alicyclic amines) is 1. The highest BCUT2D eigenvalue weighted by Crippen LogP contribution is 2.26. The molecule has 0 aliphatic carbocycles.